The van der Waals surface area contributed by atoms with E-state index in [0.717, 1.165) is 17.1 Å². The molecule has 0 radical (unpaired) electrons. The second-order valence-corrected chi connectivity index (χ2v) is 4.89. The first-order valence-electron chi connectivity index (χ1n) is 4.81. The van der Waals surface area contributed by atoms with Gasteiger partial charge >= 0.3 is 0 Å². The fraction of sp³-hybridized carbons (Fsp3) is 0.700. The van der Waals surface area contributed by atoms with Gasteiger partial charge in [-0.15, -0.1) is 11.3 Å². The maximum Gasteiger partial charge on any atom is 0.0897 e. The van der Waals surface area contributed by atoms with Gasteiger partial charge in [0, 0.05) is 23.9 Å². The highest BCUT2D eigenvalue weighted by molar-refractivity contribution is 7.09. The molecule has 1 aromatic rings. The van der Waals surface area contributed by atoms with Crippen LogP contribution in [-0.4, -0.2) is 23.7 Å². The number of hydrogen-bond acceptors (Lipinski definition) is 4. The van der Waals surface area contributed by atoms with Crippen molar-refractivity contribution in [2.24, 2.45) is 5.73 Å². The van der Waals surface area contributed by atoms with Crippen molar-refractivity contribution in [1.29, 1.82) is 0 Å². The summed E-state index contributed by atoms with van der Waals surface area (Å²) in [6.45, 7) is 7.27. The molecule has 1 rings (SSSR count). The van der Waals surface area contributed by atoms with Crippen LogP contribution < -0.4 is 5.73 Å². The third kappa shape index (κ3) is 3.74. The number of thiazole rings is 1. The SMILES string of the molecule is CCOCC(C)(N)Cc1csc(C)n1. The molecule has 0 aliphatic heterocycles. The van der Waals surface area contributed by atoms with Gasteiger partial charge in [-0.25, -0.2) is 4.98 Å². The van der Waals surface area contributed by atoms with Gasteiger partial charge in [0.05, 0.1) is 17.3 Å². The summed E-state index contributed by atoms with van der Waals surface area (Å²) >= 11 is 1.66. The van der Waals surface area contributed by atoms with Gasteiger partial charge in [-0.3, -0.25) is 0 Å². The molecule has 0 bridgehead atoms. The first-order valence-corrected chi connectivity index (χ1v) is 5.69. The normalized spacial score (nSPS) is 15.4. The summed E-state index contributed by atoms with van der Waals surface area (Å²) in [4.78, 5) is 4.39. The van der Waals surface area contributed by atoms with E-state index in [4.69, 9.17) is 10.5 Å². The van der Waals surface area contributed by atoms with Gasteiger partial charge in [0.2, 0.25) is 0 Å². The second kappa shape index (κ2) is 4.87. The lowest BCUT2D eigenvalue weighted by Crippen LogP contribution is -2.43. The quantitative estimate of drug-likeness (QED) is 0.812. The van der Waals surface area contributed by atoms with Gasteiger partial charge in [-0.1, -0.05) is 0 Å². The average Bonchev–Trinajstić information content (AvgIpc) is 2.47. The molecule has 0 amide bonds. The van der Waals surface area contributed by atoms with Crippen LogP contribution in [0, 0.1) is 6.92 Å². The zero-order valence-electron chi connectivity index (χ0n) is 9.04. The van der Waals surface area contributed by atoms with Crippen LogP contribution in [0.1, 0.15) is 24.5 Å². The molecule has 3 nitrogen and oxygen atoms in total. The lowest BCUT2D eigenvalue weighted by molar-refractivity contribution is 0.101. The molecule has 80 valence electrons. The molecule has 1 aromatic heterocycles. The standard InChI is InChI=1S/C10H18N2OS/c1-4-13-7-10(3,11)5-9-6-14-8(2)12-9/h6H,4-5,7,11H2,1-3H3. The van der Waals surface area contributed by atoms with Crippen molar-refractivity contribution in [2.75, 3.05) is 13.2 Å². The molecule has 0 aromatic carbocycles. The molecule has 1 heterocycles. The Morgan fingerprint density at radius 2 is 2.36 bits per heavy atom. The number of aryl methyl sites for hydroxylation is 1. The van der Waals surface area contributed by atoms with Gasteiger partial charge < -0.3 is 10.5 Å². The molecule has 2 N–H and O–H groups in total. The third-order valence-corrected chi connectivity index (χ3v) is 2.71. The Bertz CT molecular complexity index is 283. The van der Waals surface area contributed by atoms with E-state index in [1.807, 2.05) is 20.8 Å². The number of nitrogens with zero attached hydrogens (tertiary/aromatic N) is 1. The highest BCUT2D eigenvalue weighted by Crippen LogP contribution is 2.14. The highest BCUT2D eigenvalue weighted by Gasteiger charge is 2.20. The van der Waals surface area contributed by atoms with E-state index in [1.54, 1.807) is 11.3 Å². The smallest absolute Gasteiger partial charge is 0.0897 e. The topological polar surface area (TPSA) is 48.1 Å². The van der Waals surface area contributed by atoms with Crippen molar-refractivity contribution in [3.05, 3.63) is 16.1 Å². The molecule has 0 aliphatic rings. The maximum absolute atomic E-state index is 6.08. The van der Waals surface area contributed by atoms with E-state index in [1.165, 1.54) is 0 Å². The number of ether oxygens (including phenoxy) is 1. The van der Waals surface area contributed by atoms with Crippen LogP contribution in [0.25, 0.3) is 0 Å². The zero-order valence-corrected chi connectivity index (χ0v) is 9.86. The van der Waals surface area contributed by atoms with Crippen molar-refractivity contribution in [3.8, 4) is 0 Å². The molecule has 0 saturated carbocycles. The molecule has 0 fully saturated rings. The first kappa shape index (κ1) is 11.6. The van der Waals surface area contributed by atoms with Crippen molar-refractivity contribution < 1.29 is 4.74 Å². The summed E-state index contributed by atoms with van der Waals surface area (Å²) in [6, 6.07) is 0. The summed E-state index contributed by atoms with van der Waals surface area (Å²) in [5, 5.41) is 3.15. The van der Waals surface area contributed by atoms with Crippen LogP contribution in [0.2, 0.25) is 0 Å². The predicted molar refractivity (Wildman–Crippen MR) is 59.6 cm³/mol. The van der Waals surface area contributed by atoms with Gasteiger partial charge in [0.15, 0.2) is 0 Å². The third-order valence-electron chi connectivity index (χ3n) is 1.89. The van der Waals surface area contributed by atoms with Crippen LogP contribution in [0.3, 0.4) is 0 Å². The van der Waals surface area contributed by atoms with Crippen molar-refractivity contribution in [2.45, 2.75) is 32.7 Å². The maximum atomic E-state index is 6.08. The highest BCUT2D eigenvalue weighted by atomic mass is 32.1. The minimum absolute atomic E-state index is 0.309. The van der Waals surface area contributed by atoms with Crippen LogP contribution in [0.4, 0.5) is 0 Å². The molecule has 0 aliphatic carbocycles. The molecule has 0 saturated heterocycles. The van der Waals surface area contributed by atoms with Gasteiger partial charge in [-0.05, 0) is 20.8 Å². The Labute approximate surface area is 89.3 Å². The van der Waals surface area contributed by atoms with Crippen molar-refractivity contribution in [1.82, 2.24) is 4.98 Å². The van der Waals surface area contributed by atoms with Crippen LogP contribution >= 0.6 is 11.3 Å². The summed E-state index contributed by atoms with van der Waals surface area (Å²) < 4.78 is 5.33. The fourth-order valence-corrected chi connectivity index (χ4v) is 1.90. The van der Waals surface area contributed by atoms with Crippen molar-refractivity contribution >= 4 is 11.3 Å². The summed E-state index contributed by atoms with van der Waals surface area (Å²) in [6.07, 6.45) is 0.775. The Morgan fingerprint density at radius 1 is 1.64 bits per heavy atom. The van der Waals surface area contributed by atoms with Gasteiger partial charge in [0.25, 0.3) is 0 Å². The van der Waals surface area contributed by atoms with E-state index >= 15 is 0 Å². The van der Waals surface area contributed by atoms with E-state index < -0.39 is 0 Å². The number of rotatable bonds is 5. The monoisotopic (exact) mass is 214 g/mol. The van der Waals surface area contributed by atoms with Crippen LogP contribution in [0.5, 0.6) is 0 Å². The number of aromatic nitrogens is 1. The molecule has 0 spiro atoms. The Hall–Kier alpha value is -0.450. The molecule has 4 heteroatoms. The second-order valence-electron chi connectivity index (χ2n) is 3.83. The fourth-order valence-electron chi connectivity index (χ4n) is 1.29. The molecule has 1 atom stereocenters. The molecular weight excluding hydrogens is 196 g/mol. The van der Waals surface area contributed by atoms with E-state index in [-0.39, 0.29) is 5.54 Å². The van der Waals surface area contributed by atoms with E-state index in [0.29, 0.717) is 13.2 Å². The Kier molecular flexibility index (Phi) is 4.04. The number of nitrogens with two attached hydrogens (primary N) is 1. The summed E-state index contributed by atoms with van der Waals surface area (Å²) in [7, 11) is 0. The minimum Gasteiger partial charge on any atom is -0.380 e. The van der Waals surface area contributed by atoms with Gasteiger partial charge in [0.1, 0.15) is 0 Å². The first-order chi connectivity index (χ1) is 6.53. The summed E-state index contributed by atoms with van der Waals surface area (Å²) in [5.41, 5.74) is 6.84. The predicted octanol–water partition coefficient (Wildman–Crippen LogP) is 1.75. The van der Waals surface area contributed by atoms with Crippen LogP contribution in [-0.2, 0) is 11.2 Å². The van der Waals surface area contributed by atoms with Gasteiger partial charge in [-0.2, -0.15) is 0 Å². The summed E-state index contributed by atoms with van der Waals surface area (Å²) in [5.74, 6) is 0. The average molecular weight is 214 g/mol. The Morgan fingerprint density at radius 3 is 2.86 bits per heavy atom. The van der Waals surface area contributed by atoms with Crippen LogP contribution in [0.15, 0.2) is 5.38 Å². The lowest BCUT2D eigenvalue weighted by Gasteiger charge is -2.23. The molecular formula is C10H18N2OS. The van der Waals surface area contributed by atoms with Crippen molar-refractivity contribution in [3.63, 3.8) is 0 Å². The largest absolute Gasteiger partial charge is 0.380 e. The minimum atomic E-state index is -0.309. The Balaban J connectivity index is 2.49. The molecule has 1 unspecified atom stereocenters. The van der Waals surface area contributed by atoms with E-state index in [2.05, 4.69) is 10.4 Å². The lowest BCUT2D eigenvalue weighted by atomic mass is 9.99. The number of hydrogen-bond donors (Lipinski definition) is 1. The zero-order chi connectivity index (χ0) is 10.6. The molecule has 14 heavy (non-hydrogen) atoms. The van der Waals surface area contributed by atoms with E-state index in [9.17, 15) is 0 Å².